The van der Waals surface area contributed by atoms with Crippen LogP contribution in [0.25, 0.3) is 12.2 Å². The molecule has 5 aromatic carbocycles. The lowest BCUT2D eigenvalue weighted by Gasteiger charge is -2.25. The first-order valence-corrected chi connectivity index (χ1v) is 19.1. The predicted molar refractivity (Wildman–Crippen MR) is 189 cm³/mol. The highest BCUT2D eigenvalue weighted by Crippen LogP contribution is 2.44. The molecule has 1 aliphatic heterocycles. The van der Waals surface area contributed by atoms with Crippen molar-refractivity contribution in [2.75, 3.05) is 10.6 Å². The molecule has 6 rings (SSSR count). The minimum absolute atomic E-state index is 0.0161. The molecule has 0 fully saturated rings. The van der Waals surface area contributed by atoms with Gasteiger partial charge in [-0.05, 0) is 79.1 Å². The van der Waals surface area contributed by atoms with Crippen LogP contribution >= 0.6 is 0 Å². The maximum absolute atomic E-state index is 13.0. The summed E-state index contributed by atoms with van der Waals surface area (Å²) < 4.78 is 112. The van der Waals surface area contributed by atoms with E-state index in [-0.39, 0.29) is 44.3 Å². The second-order valence-corrected chi connectivity index (χ2v) is 15.9. The Morgan fingerprint density at radius 1 is 0.600 bits per heavy atom. The molecule has 5 N–H and O–H groups in total. The van der Waals surface area contributed by atoms with E-state index in [1.54, 1.807) is 0 Å². The minimum Gasteiger partial charge on any atom is -0.456 e. The molecule has 0 saturated carbocycles. The third kappa shape index (κ3) is 6.49. The molecule has 5 aromatic rings. The Hall–Kier alpha value is -5.03. The SMILES string of the molecule is C=c1cc2c(cc1S(=O)(=O)O)=C(c1ccccc1S(=O)(=O)O)c1cc(S(=O)(=O)O)c(Nc3c(C)cc(C)c(Nc4ccccc4)c3C)cc1O2. The van der Waals surface area contributed by atoms with Crippen LogP contribution in [0.3, 0.4) is 0 Å². The first-order chi connectivity index (χ1) is 23.3. The summed E-state index contributed by atoms with van der Waals surface area (Å²) in [6.07, 6.45) is 0. The lowest BCUT2D eigenvalue weighted by atomic mass is 9.92. The molecular formula is C35H30N2O10S3. The fraction of sp³-hybridized carbons (Fsp3) is 0.0857. The molecule has 0 spiro atoms. The van der Waals surface area contributed by atoms with Crippen molar-refractivity contribution in [2.24, 2.45) is 0 Å². The largest absolute Gasteiger partial charge is 0.456 e. The van der Waals surface area contributed by atoms with Gasteiger partial charge in [0, 0.05) is 45.0 Å². The van der Waals surface area contributed by atoms with Gasteiger partial charge in [-0.25, -0.2) is 0 Å². The lowest BCUT2D eigenvalue weighted by molar-refractivity contribution is 0.466. The number of aryl methyl sites for hydroxylation is 2. The standard InChI is InChI=1S/C35H30N2O10S3/c1-19-15-28-25(16-31(19)49(41,42)43)33(24-12-8-9-13-30(24)48(38,39)40)26-17-32(50(44,45)46)27(18-29(26)47-28)37-35-21(3)14-20(2)34(22(35)4)36-23-10-6-5-7-11-23/h5-18,36-37H,1H2,2-4H3,(H,38,39,40)(H,41,42,43)(H,44,45,46). The lowest BCUT2D eigenvalue weighted by Crippen LogP contribution is -2.25. The van der Waals surface area contributed by atoms with E-state index in [1.165, 1.54) is 30.3 Å². The van der Waals surface area contributed by atoms with E-state index in [0.29, 0.717) is 5.69 Å². The topological polar surface area (TPSA) is 196 Å². The molecule has 0 aromatic heterocycles. The van der Waals surface area contributed by atoms with E-state index in [1.807, 2.05) is 57.2 Å². The van der Waals surface area contributed by atoms with E-state index in [0.717, 1.165) is 46.3 Å². The first kappa shape index (κ1) is 34.8. The summed E-state index contributed by atoms with van der Waals surface area (Å²) in [5.41, 5.74) is 4.10. The van der Waals surface area contributed by atoms with Gasteiger partial charge in [-0.3, -0.25) is 13.7 Å². The third-order valence-electron chi connectivity index (χ3n) is 8.27. The van der Waals surface area contributed by atoms with Crippen LogP contribution < -0.4 is 25.8 Å². The summed E-state index contributed by atoms with van der Waals surface area (Å²) in [6.45, 7) is 9.29. The Bertz CT molecular complexity index is 2700. The third-order valence-corrected chi connectivity index (χ3v) is 11.0. The Morgan fingerprint density at radius 2 is 1.18 bits per heavy atom. The second kappa shape index (κ2) is 12.4. The summed E-state index contributed by atoms with van der Waals surface area (Å²) in [5.74, 6) is -0.0331. The van der Waals surface area contributed by atoms with E-state index in [4.69, 9.17) is 4.74 Å². The second-order valence-electron chi connectivity index (χ2n) is 11.7. The highest BCUT2D eigenvalue weighted by Gasteiger charge is 2.30. The van der Waals surface area contributed by atoms with E-state index >= 15 is 0 Å². The van der Waals surface area contributed by atoms with Crippen molar-refractivity contribution in [1.29, 1.82) is 0 Å². The fourth-order valence-corrected chi connectivity index (χ4v) is 8.11. The number of anilines is 4. The molecule has 0 aliphatic carbocycles. The van der Waals surface area contributed by atoms with Crippen LogP contribution in [0.4, 0.5) is 22.7 Å². The predicted octanol–water partition coefficient (Wildman–Crippen LogP) is 5.60. The van der Waals surface area contributed by atoms with Gasteiger partial charge in [0.2, 0.25) is 0 Å². The van der Waals surface area contributed by atoms with Crippen LogP contribution in [0.2, 0.25) is 0 Å². The number of rotatable bonds is 8. The molecule has 15 heteroatoms. The van der Waals surface area contributed by atoms with Gasteiger partial charge in [-0.2, -0.15) is 25.3 Å². The zero-order valence-electron chi connectivity index (χ0n) is 26.7. The van der Waals surface area contributed by atoms with Crippen LogP contribution in [-0.2, 0) is 30.4 Å². The molecule has 258 valence electrons. The average Bonchev–Trinajstić information content (AvgIpc) is 3.02. The van der Waals surface area contributed by atoms with Crippen LogP contribution in [0.1, 0.15) is 27.8 Å². The zero-order valence-corrected chi connectivity index (χ0v) is 29.2. The van der Waals surface area contributed by atoms with Gasteiger partial charge in [0.25, 0.3) is 30.4 Å². The van der Waals surface area contributed by atoms with Gasteiger partial charge in [-0.1, -0.05) is 49.0 Å². The van der Waals surface area contributed by atoms with E-state index in [2.05, 4.69) is 17.2 Å². The van der Waals surface area contributed by atoms with Crippen molar-refractivity contribution in [3.05, 3.63) is 123 Å². The number of hydrogen-bond donors (Lipinski definition) is 5. The smallest absolute Gasteiger partial charge is 0.296 e. The fourth-order valence-electron chi connectivity index (χ4n) is 6.10. The van der Waals surface area contributed by atoms with Gasteiger partial charge >= 0.3 is 0 Å². The number of nitrogens with one attached hydrogen (secondary N) is 2. The molecule has 0 atom stereocenters. The summed E-state index contributed by atoms with van der Waals surface area (Å²) in [7, 11) is -14.7. The van der Waals surface area contributed by atoms with Crippen molar-refractivity contribution >= 4 is 65.3 Å². The number of ether oxygens (including phenoxy) is 1. The van der Waals surface area contributed by atoms with Gasteiger partial charge in [0.15, 0.2) is 0 Å². The molecule has 1 heterocycles. The monoisotopic (exact) mass is 734 g/mol. The van der Waals surface area contributed by atoms with Crippen molar-refractivity contribution in [1.82, 2.24) is 0 Å². The number of para-hydroxylation sites is 1. The van der Waals surface area contributed by atoms with E-state index < -0.39 is 45.0 Å². The molecule has 50 heavy (non-hydrogen) atoms. The molecule has 0 amide bonds. The molecule has 0 saturated heterocycles. The van der Waals surface area contributed by atoms with Crippen molar-refractivity contribution in [2.45, 2.75) is 35.5 Å². The Kier molecular flexibility index (Phi) is 8.62. The van der Waals surface area contributed by atoms with Crippen molar-refractivity contribution < 1.29 is 43.6 Å². The van der Waals surface area contributed by atoms with Crippen LogP contribution in [0.5, 0.6) is 11.5 Å². The summed E-state index contributed by atoms with van der Waals surface area (Å²) >= 11 is 0. The minimum atomic E-state index is -5.00. The highest BCUT2D eigenvalue weighted by atomic mass is 32.2. The van der Waals surface area contributed by atoms with Crippen LogP contribution in [-0.4, -0.2) is 38.9 Å². The molecule has 0 radical (unpaired) electrons. The number of fused-ring (bicyclic) bond motifs is 2. The van der Waals surface area contributed by atoms with Gasteiger partial charge in [0.05, 0.1) is 5.69 Å². The van der Waals surface area contributed by atoms with Crippen molar-refractivity contribution in [3.63, 3.8) is 0 Å². The molecule has 1 aliphatic rings. The summed E-state index contributed by atoms with van der Waals surface area (Å²) in [4.78, 5) is -1.82. The van der Waals surface area contributed by atoms with Crippen molar-refractivity contribution in [3.8, 4) is 11.5 Å². The van der Waals surface area contributed by atoms with Gasteiger partial charge in [-0.15, -0.1) is 0 Å². The quantitative estimate of drug-likeness (QED) is 0.122. The van der Waals surface area contributed by atoms with Gasteiger partial charge < -0.3 is 15.4 Å². The zero-order chi connectivity index (χ0) is 36.3. The molecule has 0 unspecified atom stereocenters. The Morgan fingerprint density at radius 3 is 1.80 bits per heavy atom. The molecule has 12 nitrogen and oxygen atoms in total. The maximum atomic E-state index is 13.0. The average molecular weight is 735 g/mol. The first-order valence-electron chi connectivity index (χ1n) is 14.8. The summed E-state index contributed by atoms with van der Waals surface area (Å²) in [5, 5.41) is 6.32. The Labute approximate surface area is 288 Å². The summed E-state index contributed by atoms with van der Waals surface area (Å²) in [6, 6.07) is 21.1. The Balaban J connectivity index is 1.64. The number of benzene rings is 5. The number of hydrogen-bond acceptors (Lipinski definition) is 9. The normalized spacial score (nSPS) is 12.9. The van der Waals surface area contributed by atoms with Crippen LogP contribution in [0.15, 0.2) is 99.6 Å². The van der Waals surface area contributed by atoms with E-state index in [9.17, 15) is 38.9 Å². The highest BCUT2D eigenvalue weighted by molar-refractivity contribution is 7.86. The molecule has 0 bridgehead atoms. The van der Waals surface area contributed by atoms with Crippen LogP contribution in [0, 0.1) is 20.8 Å². The maximum Gasteiger partial charge on any atom is 0.296 e. The van der Waals surface area contributed by atoms with Gasteiger partial charge in [0.1, 0.15) is 26.2 Å². The molecular weight excluding hydrogens is 705 g/mol.